The number of halogens is 2. The van der Waals surface area contributed by atoms with E-state index >= 15 is 0 Å². The van der Waals surface area contributed by atoms with Gasteiger partial charge in [-0.1, -0.05) is 29.3 Å². The van der Waals surface area contributed by atoms with Crippen molar-refractivity contribution in [2.45, 2.75) is 26.4 Å². The minimum atomic E-state index is -0.857. The largest absolute Gasteiger partial charge is 0.507 e. The van der Waals surface area contributed by atoms with Crippen LogP contribution in [0.5, 0.6) is 5.75 Å². The van der Waals surface area contributed by atoms with E-state index in [9.17, 15) is 14.7 Å². The number of ketones is 1. The van der Waals surface area contributed by atoms with Crippen LogP contribution in [-0.4, -0.2) is 33.8 Å². The van der Waals surface area contributed by atoms with Gasteiger partial charge >= 0.3 is 0 Å². The van der Waals surface area contributed by atoms with Crippen molar-refractivity contribution in [1.29, 1.82) is 0 Å². The minimum absolute atomic E-state index is 0.00916. The minimum Gasteiger partial charge on any atom is -0.507 e. The number of methoxy groups -OCH3 is 1. The van der Waals surface area contributed by atoms with E-state index in [-0.39, 0.29) is 22.9 Å². The number of ether oxygens (including phenoxy) is 1. The summed E-state index contributed by atoms with van der Waals surface area (Å²) < 4.78 is 5.36. The Labute approximate surface area is 207 Å². The van der Waals surface area contributed by atoms with Crippen LogP contribution in [-0.2, 0) is 16.1 Å². The van der Waals surface area contributed by atoms with E-state index in [1.165, 1.54) is 4.90 Å². The molecule has 0 bridgehead atoms. The molecule has 1 fully saturated rings. The summed E-state index contributed by atoms with van der Waals surface area (Å²) in [5, 5.41) is 12.0. The van der Waals surface area contributed by atoms with Gasteiger partial charge in [0.25, 0.3) is 11.7 Å². The van der Waals surface area contributed by atoms with Crippen molar-refractivity contribution in [2.75, 3.05) is 7.11 Å². The van der Waals surface area contributed by atoms with Crippen LogP contribution in [0.3, 0.4) is 0 Å². The number of carbonyl (C=O) groups excluding carboxylic acids is 2. The van der Waals surface area contributed by atoms with Crippen molar-refractivity contribution in [1.82, 2.24) is 9.88 Å². The zero-order chi connectivity index (χ0) is 24.6. The number of aliphatic hydroxyl groups excluding tert-OH is 1. The quantitative estimate of drug-likeness (QED) is 0.281. The Bertz CT molecular complexity index is 1320. The van der Waals surface area contributed by atoms with Crippen molar-refractivity contribution >= 4 is 40.7 Å². The number of carbonyl (C=O) groups is 2. The zero-order valence-corrected chi connectivity index (χ0v) is 20.3. The Morgan fingerprint density at radius 2 is 1.74 bits per heavy atom. The predicted molar refractivity (Wildman–Crippen MR) is 131 cm³/mol. The molecule has 1 unspecified atom stereocenters. The summed E-state index contributed by atoms with van der Waals surface area (Å²) in [4.78, 5) is 31.9. The van der Waals surface area contributed by atoms with Gasteiger partial charge in [-0.15, -0.1) is 0 Å². The van der Waals surface area contributed by atoms with Crippen LogP contribution in [0.4, 0.5) is 0 Å². The Kier molecular flexibility index (Phi) is 6.64. The molecule has 0 aliphatic carbocycles. The molecule has 1 N–H and O–H groups in total. The van der Waals surface area contributed by atoms with Crippen LogP contribution in [0.25, 0.3) is 5.76 Å². The molecule has 34 heavy (non-hydrogen) atoms. The number of rotatable bonds is 5. The number of aromatic nitrogens is 1. The second kappa shape index (κ2) is 9.49. The maximum absolute atomic E-state index is 13.3. The van der Waals surface area contributed by atoms with E-state index in [2.05, 4.69) is 4.98 Å². The Balaban J connectivity index is 1.92. The van der Waals surface area contributed by atoms with Crippen LogP contribution in [0, 0.1) is 13.8 Å². The summed E-state index contributed by atoms with van der Waals surface area (Å²) in [6.45, 7) is 3.79. The average molecular weight is 497 g/mol. The molecular formula is C26H22Cl2N2O4. The number of benzene rings is 2. The highest BCUT2D eigenvalue weighted by Crippen LogP contribution is 2.42. The normalized spacial score (nSPS) is 17.3. The van der Waals surface area contributed by atoms with Crippen molar-refractivity contribution < 1.29 is 19.4 Å². The SMILES string of the molecule is COc1cc(C)c(/C(O)=C2\C(=O)C(=O)N(Cc3ccncc3)C2c2ccc(Cl)c(Cl)c2)cc1C. The smallest absolute Gasteiger partial charge is 0.295 e. The van der Waals surface area contributed by atoms with E-state index in [0.29, 0.717) is 27.5 Å². The zero-order valence-electron chi connectivity index (χ0n) is 18.8. The summed E-state index contributed by atoms with van der Waals surface area (Å²) in [7, 11) is 1.57. The molecule has 1 amide bonds. The number of aryl methyl sites for hydroxylation is 2. The van der Waals surface area contributed by atoms with Gasteiger partial charge in [-0.05, 0) is 72.5 Å². The van der Waals surface area contributed by atoms with E-state index in [0.717, 1.165) is 11.1 Å². The lowest BCUT2D eigenvalue weighted by atomic mass is 9.93. The fourth-order valence-corrected chi connectivity index (χ4v) is 4.47. The van der Waals surface area contributed by atoms with Crippen LogP contribution in [0.2, 0.25) is 10.0 Å². The molecule has 4 rings (SSSR count). The molecule has 0 radical (unpaired) electrons. The summed E-state index contributed by atoms with van der Waals surface area (Å²) in [5.74, 6) is -1.07. The van der Waals surface area contributed by atoms with E-state index < -0.39 is 17.7 Å². The number of aliphatic hydroxyl groups is 1. The molecule has 0 saturated carbocycles. The third-order valence-corrected chi connectivity index (χ3v) is 6.64. The molecule has 6 nitrogen and oxygen atoms in total. The van der Waals surface area contributed by atoms with E-state index in [1.807, 2.05) is 6.92 Å². The summed E-state index contributed by atoms with van der Waals surface area (Å²) in [6, 6.07) is 11.1. The lowest BCUT2D eigenvalue weighted by molar-refractivity contribution is -0.140. The first-order chi connectivity index (χ1) is 16.2. The first-order valence-electron chi connectivity index (χ1n) is 10.5. The predicted octanol–water partition coefficient (Wildman–Crippen LogP) is 5.64. The highest BCUT2D eigenvalue weighted by Gasteiger charge is 2.46. The second-order valence-electron chi connectivity index (χ2n) is 8.09. The van der Waals surface area contributed by atoms with Gasteiger partial charge in [0.2, 0.25) is 0 Å². The van der Waals surface area contributed by atoms with Gasteiger partial charge in [0, 0.05) is 24.5 Å². The van der Waals surface area contributed by atoms with Crippen molar-refractivity contribution in [3.05, 3.63) is 98.3 Å². The second-order valence-corrected chi connectivity index (χ2v) is 8.91. The number of hydrogen-bond acceptors (Lipinski definition) is 5. The lowest BCUT2D eigenvalue weighted by Gasteiger charge is -2.26. The van der Waals surface area contributed by atoms with Crippen LogP contribution < -0.4 is 4.74 Å². The highest BCUT2D eigenvalue weighted by molar-refractivity contribution is 6.46. The van der Waals surface area contributed by atoms with Gasteiger partial charge in [0.15, 0.2) is 0 Å². The average Bonchev–Trinajstić information content (AvgIpc) is 3.07. The number of pyridine rings is 1. The molecule has 8 heteroatoms. The third kappa shape index (κ3) is 4.27. The van der Waals surface area contributed by atoms with E-state index in [1.54, 1.807) is 68.9 Å². The fourth-order valence-electron chi connectivity index (χ4n) is 4.17. The standard InChI is InChI=1S/C26H22Cl2N2O4/c1-14-11-21(34-3)15(2)10-18(14)24(31)22-23(17-4-5-19(27)20(28)12-17)30(26(33)25(22)32)13-16-6-8-29-9-7-16/h4-12,23,31H,13H2,1-3H3/b24-22+. The van der Waals surface area contributed by atoms with Gasteiger partial charge < -0.3 is 14.7 Å². The van der Waals surface area contributed by atoms with Crippen molar-refractivity contribution in [3.8, 4) is 5.75 Å². The molecule has 1 saturated heterocycles. The number of nitrogens with zero attached hydrogens (tertiary/aromatic N) is 2. The molecule has 1 aromatic heterocycles. The maximum atomic E-state index is 13.3. The fraction of sp³-hybridized carbons (Fsp3) is 0.192. The molecule has 174 valence electrons. The Hall–Kier alpha value is -3.35. The molecule has 1 aliphatic rings. The summed E-state index contributed by atoms with van der Waals surface area (Å²) >= 11 is 12.4. The first kappa shape index (κ1) is 23.8. The Morgan fingerprint density at radius 1 is 1.03 bits per heavy atom. The van der Waals surface area contributed by atoms with Gasteiger partial charge in [0.1, 0.15) is 11.5 Å². The number of likely N-dealkylation sites (tertiary alicyclic amines) is 1. The first-order valence-corrected chi connectivity index (χ1v) is 11.3. The monoisotopic (exact) mass is 496 g/mol. The molecule has 1 atom stereocenters. The van der Waals surface area contributed by atoms with Crippen molar-refractivity contribution in [2.24, 2.45) is 0 Å². The summed E-state index contributed by atoms with van der Waals surface area (Å²) in [5.41, 5.74) is 3.28. The highest BCUT2D eigenvalue weighted by atomic mass is 35.5. The van der Waals surface area contributed by atoms with Crippen LogP contribution >= 0.6 is 23.2 Å². The molecular weight excluding hydrogens is 475 g/mol. The maximum Gasteiger partial charge on any atom is 0.295 e. The molecule has 3 aromatic rings. The topological polar surface area (TPSA) is 79.7 Å². The number of hydrogen-bond donors (Lipinski definition) is 1. The van der Waals surface area contributed by atoms with Gasteiger partial charge in [-0.3, -0.25) is 14.6 Å². The summed E-state index contributed by atoms with van der Waals surface area (Å²) in [6.07, 6.45) is 3.23. The van der Waals surface area contributed by atoms with Crippen LogP contribution in [0.1, 0.15) is 33.9 Å². The van der Waals surface area contributed by atoms with Gasteiger partial charge in [-0.25, -0.2) is 0 Å². The van der Waals surface area contributed by atoms with Crippen molar-refractivity contribution in [3.63, 3.8) is 0 Å². The van der Waals surface area contributed by atoms with Crippen LogP contribution in [0.15, 0.2) is 60.4 Å². The molecule has 0 spiro atoms. The molecule has 2 heterocycles. The number of Topliss-reactive ketones (excluding diaryl/α,β-unsaturated/α-hetero) is 1. The molecule has 2 aromatic carbocycles. The number of amides is 1. The third-order valence-electron chi connectivity index (χ3n) is 5.90. The van der Waals surface area contributed by atoms with Gasteiger partial charge in [-0.2, -0.15) is 0 Å². The Morgan fingerprint density at radius 3 is 2.38 bits per heavy atom. The van der Waals surface area contributed by atoms with Gasteiger partial charge in [0.05, 0.1) is 28.8 Å². The molecule has 1 aliphatic heterocycles. The lowest BCUT2D eigenvalue weighted by Crippen LogP contribution is -2.29. The van der Waals surface area contributed by atoms with E-state index in [4.69, 9.17) is 27.9 Å².